The van der Waals surface area contributed by atoms with E-state index in [1.165, 1.54) is 19.4 Å². The van der Waals surface area contributed by atoms with Gasteiger partial charge in [-0.25, -0.2) is 14.8 Å². The fourth-order valence-corrected chi connectivity index (χ4v) is 7.27. The van der Waals surface area contributed by atoms with Crippen molar-refractivity contribution in [3.05, 3.63) is 77.3 Å². The molecule has 2 aliphatic heterocycles. The Morgan fingerprint density at radius 2 is 1.75 bits per heavy atom. The van der Waals surface area contributed by atoms with Crippen molar-refractivity contribution in [3.8, 4) is 28.1 Å². The number of rotatable bonds is 10. The Kier molecular flexibility index (Phi) is 12.1. The fraction of sp³-hybridized carbons (Fsp3) is 0.410. The molecule has 0 aliphatic carbocycles. The molecule has 13 nitrogen and oxygen atoms in total. The zero-order chi connectivity index (χ0) is 40.3. The number of piperazine rings is 1. The van der Waals surface area contributed by atoms with E-state index in [1.807, 2.05) is 20.8 Å². The fourth-order valence-electron chi connectivity index (χ4n) is 7.06. The molecule has 17 heteroatoms. The zero-order valence-corrected chi connectivity index (χ0v) is 32.3. The van der Waals surface area contributed by atoms with E-state index in [0.29, 0.717) is 41.4 Å². The summed E-state index contributed by atoms with van der Waals surface area (Å²) in [5, 5.41) is 8.54. The van der Waals surface area contributed by atoms with Gasteiger partial charge in [-0.15, -0.1) is 13.2 Å². The number of nitrogens with one attached hydrogen (secondary N) is 4. The lowest BCUT2D eigenvalue weighted by molar-refractivity contribution is -0.274. The third-order valence-electron chi connectivity index (χ3n) is 9.95. The standard InChI is InChI=1S/C39H44ClF3N8O5/c1-21(2)34(49-38(54)55-5)37(53)51-20-22(3)14-31(51)35-46-19-30(47-35)25-8-6-24(7-9-25)27-15-28(40)29(16-32(27)56-39(41,42)43)48-36(52)26-10-11-33(45-18-26)50-13-12-44-17-23(50)4/h6-11,15-16,18-19,21-23,31,34,44H,12-14,17,20H2,1-5H3,(H,46,47)(H,48,52)(H,49,54)/t22-,23+,31-,34?/m0/s1. The SMILES string of the molecule is COC(=O)NC(C(=O)N1C[C@@H](C)C[C@H]1c1ncc(-c2ccc(-c3cc(Cl)c(NC(=O)c4ccc(N5CCNC[C@H]5C)nc4)cc3OC(F)(F)F)cc2)[nH]1)C(C)C. The number of nitrogens with zero attached hydrogens (tertiary/aromatic N) is 4. The number of imidazole rings is 1. The van der Waals surface area contributed by atoms with E-state index in [0.717, 1.165) is 25.7 Å². The molecular formula is C39H44ClF3N8O5. The topological polar surface area (TPSA) is 154 Å². The minimum atomic E-state index is -5.03. The van der Waals surface area contributed by atoms with Gasteiger partial charge in [0.2, 0.25) is 5.91 Å². The molecule has 4 atom stereocenters. The average Bonchev–Trinajstić information content (AvgIpc) is 3.81. The Hall–Kier alpha value is -5.35. The summed E-state index contributed by atoms with van der Waals surface area (Å²) in [4.78, 5) is 55.0. The first-order valence-corrected chi connectivity index (χ1v) is 18.6. The van der Waals surface area contributed by atoms with Crippen molar-refractivity contribution >= 4 is 41.0 Å². The zero-order valence-electron chi connectivity index (χ0n) is 31.5. The van der Waals surface area contributed by atoms with Crippen molar-refractivity contribution in [3.63, 3.8) is 0 Å². The number of aromatic nitrogens is 3. The summed E-state index contributed by atoms with van der Waals surface area (Å²) in [6, 6.07) is 11.4. The van der Waals surface area contributed by atoms with Crippen LogP contribution >= 0.6 is 11.6 Å². The van der Waals surface area contributed by atoms with E-state index in [1.54, 1.807) is 47.5 Å². The lowest BCUT2D eigenvalue weighted by Crippen LogP contribution is -2.51. The normalized spacial score (nSPS) is 19.1. The van der Waals surface area contributed by atoms with Crippen LogP contribution in [0, 0.1) is 11.8 Å². The molecule has 6 rings (SSSR count). The number of halogens is 4. The highest BCUT2D eigenvalue weighted by Gasteiger charge is 2.40. The molecule has 3 amide bonds. The van der Waals surface area contributed by atoms with Crippen molar-refractivity contribution in [2.24, 2.45) is 11.8 Å². The van der Waals surface area contributed by atoms with Gasteiger partial charge in [0.05, 0.1) is 41.3 Å². The Labute approximate surface area is 327 Å². The van der Waals surface area contributed by atoms with Crippen LogP contribution in [0.25, 0.3) is 22.4 Å². The average molecular weight is 797 g/mol. The molecule has 1 unspecified atom stereocenters. The van der Waals surface area contributed by atoms with E-state index >= 15 is 0 Å². The number of carbonyl (C=O) groups is 3. The predicted molar refractivity (Wildman–Crippen MR) is 205 cm³/mol. The molecule has 2 aliphatic rings. The van der Waals surface area contributed by atoms with Crippen LogP contribution in [0.1, 0.15) is 56.3 Å². The van der Waals surface area contributed by atoms with Crippen molar-refractivity contribution < 1.29 is 37.0 Å². The van der Waals surface area contributed by atoms with Crippen LogP contribution < -0.4 is 25.6 Å². The smallest absolute Gasteiger partial charge is 0.453 e. The van der Waals surface area contributed by atoms with Gasteiger partial charge in [0.25, 0.3) is 5.91 Å². The predicted octanol–water partition coefficient (Wildman–Crippen LogP) is 7.03. The van der Waals surface area contributed by atoms with Gasteiger partial charge < -0.3 is 40.2 Å². The number of hydrogen-bond acceptors (Lipinski definition) is 9. The van der Waals surface area contributed by atoms with Crippen molar-refractivity contribution in [1.29, 1.82) is 0 Å². The molecule has 0 radical (unpaired) electrons. The Morgan fingerprint density at radius 1 is 1.02 bits per heavy atom. The summed E-state index contributed by atoms with van der Waals surface area (Å²) in [6.07, 6.45) is -2.03. The van der Waals surface area contributed by atoms with Gasteiger partial charge in [-0.1, -0.05) is 56.6 Å². The molecule has 4 heterocycles. The van der Waals surface area contributed by atoms with E-state index in [-0.39, 0.29) is 51.7 Å². The summed E-state index contributed by atoms with van der Waals surface area (Å²) >= 11 is 6.55. The summed E-state index contributed by atoms with van der Waals surface area (Å²) in [6.45, 7) is 10.6. The Balaban J connectivity index is 1.20. The molecule has 2 saturated heterocycles. The largest absolute Gasteiger partial charge is 0.573 e. The third-order valence-corrected chi connectivity index (χ3v) is 10.3. The minimum absolute atomic E-state index is 0.00392. The number of ether oxygens (including phenoxy) is 2. The first kappa shape index (κ1) is 40.3. The molecule has 0 spiro atoms. The first-order chi connectivity index (χ1) is 26.6. The van der Waals surface area contributed by atoms with E-state index in [9.17, 15) is 27.6 Å². The quantitative estimate of drug-likeness (QED) is 0.133. The second-order valence-corrected chi connectivity index (χ2v) is 14.9. The summed E-state index contributed by atoms with van der Waals surface area (Å²) in [7, 11) is 1.24. The molecule has 298 valence electrons. The minimum Gasteiger partial charge on any atom is -0.453 e. The summed E-state index contributed by atoms with van der Waals surface area (Å²) in [5.41, 5.74) is 1.85. The monoisotopic (exact) mass is 796 g/mol. The van der Waals surface area contributed by atoms with E-state index in [4.69, 9.17) is 16.3 Å². The summed E-state index contributed by atoms with van der Waals surface area (Å²) in [5.74, 6) is -0.142. The maximum Gasteiger partial charge on any atom is 0.573 e. The number of aromatic amines is 1. The lowest BCUT2D eigenvalue weighted by Gasteiger charge is -2.34. The van der Waals surface area contributed by atoms with E-state index in [2.05, 4.69) is 47.5 Å². The van der Waals surface area contributed by atoms with Crippen LogP contribution in [0.4, 0.5) is 29.5 Å². The Morgan fingerprint density at radius 3 is 2.39 bits per heavy atom. The van der Waals surface area contributed by atoms with Gasteiger partial charge in [-0.05, 0) is 54.5 Å². The number of benzene rings is 2. The maximum atomic E-state index is 13.7. The van der Waals surface area contributed by atoms with Crippen LogP contribution in [-0.2, 0) is 9.53 Å². The molecular weight excluding hydrogens is 753 g/mol. The number of alkyl carbamates (subject to hydrolysis) is 1. The lowest BCUT2D eigenvalue weighted by atomic mass is 10.0. The van der Waals surface area contributed by atoms with E-state index < -0.39 is 30.2 Å². The number of likely N-dealkylation sites (tertiary alicyclic amines) is 1. The van der Waals surface area contributed by atoms with Crippen molar-refractivity contribution in [2.75, 3.05) is 43.5 Å². The number of carbonyl (C=O) groups excluding carboxylic acids is 3. The maximum absolute atomic E-state index is 13.7. The highest BCUT2D eigenvalue weighted by atomic mass is 35.5. The number of H-pyrrole nitrogens is 1. The molecule has 0 saturated carbocycles. The van der Waals surface area contributed by atoms with Crippen molar-refractivity contribution in [2.45, 2.75) is 58.6 Å². The van der Waals surface area contributed by atoms with Gasteiger partial charge in [-0.2, -0.15) is 0 Å². The van der Waals surface area contributed by atoms with Crippen molar-refractivity contribution in [1.82, 2.24) is 30.5 Å². The second-order valence-electron chi connectivity index (χ2n) is 14.4. The molecule has 2 aromatic heterocycles. The van der Waals surface area contributed by atoms with Crippen LogP contribution in [0.5, 0.6) is 5.75 Å². The van der Waals surface area contributed by atoms with Gasteiger partial charge in [-0.3, -0.25) is 9.59 Å². The van der Waals surface area contributed by atoms with Crippen LogP contribution in [0.3, 0.4) is 0 Å². The van der Waals surface area contributed by atoms with Gasteiger partial charge in [0.1, 0.15) is 23.4 Å². The van der Waals surface area contributed by atoms with Gasteiger partial charge in [0.15, 0.2) is 0 Å². The van der Waals surface area contributed by atoms with Gasteiger partial charge >= 0.3 is 12.5 Å². The highest BCUT2D eigenvalue weighted by molar-refractivity contribution is 6.34. The number of pyridine rings is 1. The van der Waals surface area contributed by atoms with Crippen LogP contribution in [0.15, 0.2) is 60.9 Å². The van der Waals surface area contributed by atoms with Gasteiger partial charge in [0, 0.05) is 50.0 Å². The molecule has 0 bridgehead atoms. The number of methoxy groups -OCH3 is 1. The molecule has 4 aromatic rings. The second kappa shape index (κ2) is 16.8. The van der Waals surface area contributed by atoms with Crippen LogP contribution in [0.2, 0.25) is 5.02 Å². The molecule has 56 heavy (non-hydrogen) atoms. The van der Waals surface area contributed by atoms with Crippen LogP contribution in [-0.4, -0.2) is 89.5 Å². The number of amides is 3. The molecule has 2 aromatic carbocycles. The summed E-state index contributed by atoms with van der Waals surface area (Å²) < 4.78 is 50.2. The molecule has 4 N–H and O–H groups in total. The molecule has 2 fully saturated rings. The number of alkyl halides is 3. The third kappa shape index (κ3) is 9.19. The number of anilines is 2. The Bertz CT molecular complexity index is 2040. The highest BCUT2D eigenvalue weighted by Crippen LogP contribution is 2.41. The number of hydrogen-bond donors (Lipinski definition) is 4. The first-order valence-electron chi connectivity index (χ1n) is 18.3.